The van der Waals surface area contributed by atoms with Gasteiger partial charge in [0.05, 0.1) is 11.6 Å². The van der Waals surface area contributed by atoms with E-state index in [0.717, 1.165) is 10.9 Å². The summed E-state index contributed by atoms with van der Waals surface area (Å²) < 4.78 is 22.4. The van der Waals surface area contributed by atoms with Crippen molar-refractivity contribution in [2.24, 2.45) is 0 Å². The third-order valence-electron chi connectivity index (χ3n) is 1.79. The Labute approximate surface area is 62.6 Å². The normalized spacial score (nSPS) is 11.2. The fraction of sp³-hybridized carbons (Fsp3) is 0.250. The lowest BCUT2D eigenvalue weighted by atomic mass is 10.2. The van der Waals surface area contributed by atoms with Crippen molar-refractivity contribution in [1.82, 2.24) is 0 Å². The summed E-state index contributed by atoms with van der Waals surface area (Å²) in [5.41, 5.74) is 1.43. The zero-order valence-electron chi connectivity index (χ0n) is 6.27. The molecule has 2 rings (SSSR count). The van der Waals surface area contributed by atoms with Crippen molar-refractivity contribution in [3.63, 3.8) is 0 Å². The predicted molar refractivity (Wildman–Crippen MR) is 37.9 cm³/mol. The highest BCUT2D eigenvalue weighted by atomic mass is 19.1. The van der Waals surface area contributed by atoms with Crippen LogP contribution in [0.25, 0.3) is 11.2 Å². The highest BCUT2D eigenvalue weighted by Gasteiger charge is 2.14. The van der Waals surface area contributed by atoms with Gasteiger partial charge >= 0.3 is 0 Å². The van der Waals surface area contributed by atoms with E-state index in [1.165, 1.54) is 0 Å². The minimum absolute atomic E-state index is 0.275. The van der Waals surface area contributed by atoms with Crippen LogP contribution >= 0.6 is 0 Å². The molecule has 2 aromatic rings. The van der Waals surface area contributed by atoms with Gasteiger partial charge in [0.25, 0.3) is 11.8 Å². The quantitative estimate of drug-likeness (QED) is 0.583. The Hall–Kier alpha value is -1.25. The summed E-state index contributed by atoms with van der Waals surface area (Å²) in [5, 5.41) is 0.752. The second kappa shape index (κ2) is 1.87. The van der Waals surface area contributed by atoms with Gasteiger partial charge < -0.3 is 8.83 Å². The molecule has 0 bridgehead atoms. The lowest BCUT2D eigenvalue weighted by molar-refractivity contribution is 0.342. The summed E-state index contributed by atoms with van der Waals surface area (Å²) in [6.45, 7) is 3.53. The van der Waals surface area contributed by atoms with Crippen LogP contribution in [0.2, 0.25) is 0 Å². The molecule has 0 radical (unpaired) electrons. The summed E-state index contributed by atoms with van der Waals surface area (Å²) in [6, 6.07) is -0.553. The van der Waals surface area contributed by atoms with Gasteiger partial charge in [0.15, 0.2) is 0 Å². The number of halogens is 1. The number of hydrogen-bond donors (Lipinski definition) is 0. The van der Waals surface area contributed by atoms with Crippen molar-refractivity contribution in [2.45, 2.75) is 13.8 Å². The monoisotopic (exact) mass is 154 g/mol. The summed E-state index contributed by atoms with van der Waals surface area (Å²) in [7, 11) is 0. The zero-order chi connectivity index (χ0) is 8.01. The Bertz CT molecular complexity index is 397. The average molecular weight is 154 g/mol. The Morgan fingerprint density at radius 3 is 2.73 bits per heavy atom. The standard InChI is InChI=1S/C8H7FO2/c1-4-3-10-8-6(4)5(2)7(9)11-8/h3H,1-2H3. The van der Waals surface area contributed by atoms with E-state index in [0.29, 0.717) is 5.56 Å². The van der Waals surface area contributed by atoms with Crippen molar-refractivity contribution in [1.29, 1.82) is 0 Å². The van der Waals surface area contributed by atoms with Gasteiger partial charge in [0.2, 0.25) is 0 Å². The SMILES string of the molecule is Cc1coc2oc(F)c(C)c12. The highest BCUT2D eigenvalue weighted by molar-refractivity contribution is 5.80. The molecule has 2 nitrogen and oxygen atoms in total. The van der Waals surface area contributed by atoms with E-state index in [2.05, 4.69) is 4.42 Å². The van der Waals surface area contributed by atoms with E-state index >= 15 is 0 Å². The topological polar surface area (TPSA) is 26.3 Å². The molecule has 0 aliphatic rings. The smallest absolute Gasteiger partial charge is 0.300 e. The van der Waals surface area contributed by atoms with Crippen molar-refractivity contribution < 1.29 is 13.2 Å². The van der Waals surface area contributed by atoms with Gasteiger partial charge in [-0.25, -0.2) is 0 Å². The molecular weight excluding hydrogens is 147 g/mol. The molecule has 0 N–H and O–H groups in total. The molecule has 0 fully saturated rings. The average Bonchev–Trinajstić information content (AvgIpc) is 2.41. The molecule has 0 amide bonds. The first-order chi connectivity index (χ1) is 5.20. The van der Waals surface area contributed by atoms with Gasteiger partial charge in [-0.2, -0.15) is 4.39 Å². The van der Waals surface area contributed by atoms with Crippen LogP contribution in [-0.4, -0.2) is 0 Å². The van der Waals surface area contributed by atoms with Crippen LogP contribution in [0.3, 0.4) is 0 Å². The lowest BCUT2D eigenvalue weighted by Crippen LogP contribution is -1.72. The molecular formula is C8H7FO2. The number of hydrogen-bond acceptors (Lipinski definition) is 2. The molecule has 0 saturated heterocycles. The van der Waals surface area contributed by atoms with Gasteiger partial charge in [-0.1, -0.05) is 0 Å². The molecule has 3 heteroatoms. The maximum absolute atomic E-state index is 12.7. The van der Waals surface area contributed by atoms with Crippen LogP contribution in [0.1, 0.15) is 11.1 Å². The number of rotatable bonds is 0. The van der Waals surface area contributed by atoms with Crippen LogP contribution in [-0.2, 0) is 0 Å². The first kappa shape index (κ1) is 6.46. The molecule has 2 aromatic heterocycles. The van der Waals surface area contributed by atoms with E-state index < -0.39 is 6.01 Å². The van der Waals surface area contributed by atoms with Gasteiger partial charge in [-0.05, 0) is 19.4 Å². The molecule has 2 heterocycles. The fourth-order valence-electron chi connectivity index (χ4n) is 1.20. The molecule has 0 aromatic carbocycles. The van der Waals surface area contributed by atoms with Gasteiger partial charge in [-0.15, -0.1) is 0 Å². The molecule has 58 valence electrons. The Morgan fingerprint density at radius 1 is 1.36 bits per heavy atom. The van der Waals surface area contributed by atoms with E-state index in [9.17, 15) is 4.39 Å². The lowest BCUT2D eigenvalue weighted by Gasteiger charge is -1.82. The van der Waals surface area contributed by atoms with E-state index in [-0.39, 0.29) is 5.78 Å². The minimum Gasteiger partial charge on any atom is -0.433 e. The predicted octanol–water partition coefficient (Wildman–Crippen LogP) is 2.78. The number of fused-ring (bicyclic) bond motifs is 1. The molecule has 0 saturated carbocycles. The molecule has 0 unspecified atom stereocenters. The van der Waals surface area contributed by atoms with Crippen molar-refractivity contribution in [2.75, 3.05) is 0 Å². The van der Waals surface area contributed by atoms with Crippen LogP contribution in [0, 0.1) is 19.9 Å². The van der Waals surface area contributed by atoms with Crippen LogP contribution in [0.4, 0.5) is 4.39 Å². The second-order valence-corrected chi connectivity index (χ2v) is 2.58. The van der Waals surface area contributed by atoms with E-state index in [4.69, 9.17) is 4.42 Å². The van der Waals surface area contributed by atoms with E-state index in [1.807, 2.05) is 6.92 Å². The maximum Gasteiger partial charge on any atom is 0.300 e. The van der Waals surface area contributed by atoms with Crippen LogP contribution < -0.4 is 0 Å². The van der Waals surface area contributed by atoms with Gasteiger partial charge in [0, 0.05) is 5.56 Å². The third-order valence-corrected chi connectivity index (χ3v) is 1.79. The van der Waals surface area contributed by atoms with Gasteiger partial charge in [-0.3, -0.25) is 0 Å². The Kier molecular flexibility index (Phi) is 1.10. The summed E-state index contributed by atoms with van der Waals surface area (Å²) in [5.74, 6) is 0.275. The Balaban J connectivity index is 2.95. The second-order valence-electron chi connectivity index (χ2n) is 2.58. The van der Waals surface area contributed by atoms with Crippen LogP contribution in [0.15, 0.2) is 15.1 Å². The van der Waals surface area contributed by atoms with Crippen LogP contribution in [0.5, 0.6) is 0 Å². The zero-order valence-corrected chi connectivity index (χ0v) is 6.27. The Morgan fingerprint density at radius 2 is 2.09 bits per heavy atom. The highest BCUT2D eigenvalue weighted by Crippen LogP contribution is 2.27. The van der Waals surface area contributed by atoms with Gasteiger partial charge in [0.1, 0.15) is 0 Å². The fourth-order valence-corrected chi connectivity index (χ4v) is 1.20. The molecule has 11 heavy (non-hydrogen) atoms. The maximum atomic E-state index is 12.7. The summed E-state index contributed by atoms with van der Waals surface area (Å²) in [6.07, 6.45) is 1.56. The molecule has 0 aliphatic carbocycles. The molecule has 0 atom stereocenters. The molecule has 0 spiro atoms. The first-order valence-corrected chi connectivity index (χ1v) is 3.33. The number of furan rings is 2. The van der Waals surface area contributed by atoms with E-state index in [1.54, 1.807) is 13.2 Å². The summed E-state index contributed by atoms with van der Waals surface area (Å²) >= 11 is 0. The first-order valence-electron chi connectivity index (χ1n) is 3.33. The minimum atomic E-state index is -0.553. The molecule has 0 aliphatic heterocycles. The number of aryl methyl sites for hydroxylation is 2. The largest absolute Gasteiger partial charge is 0.433 e. The van der Waals surface area contributed by atoms with Crippen molar-refractivity contribution in [3.8, 4) is 0 Å². The van der Waals surface area contributed by atoms with Crippen molar-refractivity contribution in [3.05, 3.63) is 23.4 Å². The third kappa shape index (κ3) is 0.707. The van der Waals surface area contributed by atoms with Crippen molar-refractivity contribution >= 4 is 11.2 Å². The summed E-state index contributed by atoms with van der Waals surface area (Å²) in [4.78, 5) is 0.